The highest BCUT2D eigenvalue weighted by molar-refractivity contribution is 7.80. The third-order valence-electron chi connectivity index (χ3n) is 6.76. The molecule has 0 spiro atoms. The van der Waals surface area contributed by atoms with Crippen LogP contribution in [0.15, 0.2) is 67.0 Å². The SMILES string of the molecule is O=C(CCN1C(=S)N[C@@H](c2ccccn2)[C@H]1c1cccn1C1CCCC1)Nc1ccccc1F. The monoisotopic (exact) mass is 477 g/mol. The summed E-state index contributed by atoms with van der Waals surface area (Å²) in [5.74, 6) is -0.698. The van der Waals surface area contributed by atoms with Gasteiger partial charge in [-0.3, -0.25) is 9.78 Å². The third kappa shape index (κ3) is 4.55. The van der Waals surface area contributed by atoms with Crippen LogP contribution in [0.1, 0.15) is 61.6 Å². The van der Waals surface area contributed by atoms with E-state index in [0.29, 0.717) is 17.7 Å². The molecule has 3 aromatic rings. The summed E-state index contributed by atoms with van der Waals surface area (Å²) in [5, 5.41) is 6.72. The molecule has 2 atom stereocenters. The van der Waals surface area contributed by atoms with Gasteiger partial charge in [0, 0.05) is 37.1 Å². The molecule has 8 heteroatoms. The molecule has 2 N–H and O–H groups in total. The number of hydrogen-bond acceptors (Lipinski definition) is 3. The van der Waals surface area contributed by atoms with E-state index in [9.17, 15) is 9.18 Å². The molecule has 34 heavy (non-hydrogen) atoms. The number of nitrogens with zero attached hydrogens (tertiary/aromatic N) is 3. The zero-order valence-corrected chi connectivity index (χ0v) is 19.7. The first-order chi connectivity index (χ1) is 16.6. The number of carbonyl (C=O) groups is 1. The Morgan fingerprint density at radius 1 is 1.12 bits per heavy atom. The Kier molecular flexibility index (Phi) is 6.58. The minimum absolute atomic E-state index is 0.0979. The van der Waals surface area contributed by atoms with E-state index < -0.39 is 5.82 Å². The van der Waals surface area contributed by atoms with Crippen molar-refractivity contribution in [2.24, 2.45) is 0 Å². The summed E-state index contributed by atoms with van der Waals surface area (Å²) in [7, 11) is 0. The Hall–Kier alpha value is -3.26. The van der Waals surface area contributed by atoms with Gasteiger partial charge in [-0.15, -0.1) is 0 Å². The van der Waals surface area contributed by atoms with Crippen LogP contribution < -0.4 is 10.6 Å². The Morgan fingerprint density at radius 2 is 1.91 bits per heavy atom. The van der Waals surface area contributed by atoms with Gasteiger partial charge in [-0.05, 0) is 61.5 Å². The van der Waals surface area contributed by atoms with Gasteiger partial charge in [0.15, 0.2) is 5.11 Å². The fourth-order valence-electron chi connectivity index (χ4n) is 5.14. The molecule has 0 bridgehead atoms. The molecule has 1 saturated heterocycles. The van der Waals surface area contributed by atoms with Gasteiger partial charge in [0.2, 0.25) is 5.91 Å². The van der Waals surface area contributed by atoms with E-state index in [1.54, 1.807) is 24.4 Å². The number of para-hydroxylation sites is 1. The first-order valence-corrected chi connectivity index (χ1v) is 12.2. The van der Waals surface area contributed by atoms with E-state index in [2.05, 4.69) is 43.4 Å². The molecule has 3 heterocycles. The van der Waals surface area contributed by atoms with Crippen molar-refractivity contribution in [1.29, 1.82) is 0 Å². The van der Waals surface area contributed by atoms with Crippen molar-refractivity contribution in [3.05, 3.63) is 84.2 Å². The topological polar surface area (TPSA) is 62.2 Å². The van der Waals surface area contributed by atoms with Crippen molar-refractivity contribution in [2.75, 3.05) is 11.9 Å². The Bertz CT molecular complexity index is 1160. The standard InChI is InChI=1S/C26H28FN5OS/c27-19-10-3-4-11-20(19)29-23(33)14-17-32-25(22-13-7-16-31(22)18-8-1-2-9-18)24(30-26(32)34)21-12-5-6-15-28-21/h3-7,10-13,15-16,18,24-25H,1-2,8-9,14,17H2,(H,29,33)(H,30,34)/t24-,25+/m0/s1. The Balaban J connectivity index is 1.40. The zero-order valence-electron chi connectivity index (χ0n) is 18.9. The summed E-state index contributed by atoms with van der Waals surface area (Å²) in [5.41, 5.74) is 2.27. The second-order valence-electron chi connectivity index (χ2n) is 8.88. The van der Waals surface area contributed by atoms with Crippen LogP contribution in [0.2, 0.25) is 0 Å². The number of carbonyl (C=O) groups excluding carboxylic acids is 1. The summed E-state index contributed by atoms with van der Waals surface area (Å²) in [6.07, 6.45) is 8.96. The fraction of sp³-hybridized carbons (Fsp3) is 0.346. The second kappa shape index (κ2) is 9.93. The number of hydrogen-bond donors (Lipinski definition) is 2. The van der Waals surface area contributed by atoms with E-state index in [-0.39, 0.29) is 30.1 Å². The number of benzene rings is 1. The maximum Gasteiger partial charge on any atom is 0.226 e. The number of rotatable bonds is 7. The average molecular weight is 478 g/mol. The van der Waals surface area contributed by atoms with E-state index in [1.165, 1.54) is 37.4 Å². The number of pyridine rings is 1. The van der Waals surface area contributed by atoms with E-state index in [1.807, 2.05) is 18.2 Å². The minimum atomic E-state index is -0.448. The van der Waals surface area contributed by atoms with Crippen LogP contribution in [0.25, 0.3) is 0 Å². The molecule has 1 aliphatic heterocycles. The molecular formula is C26H28FN5OS. The molecular weight excluding hydrogens is 449 g/mol. The highest BCUT2D eigenvalue weighted by Crippen LogP contribution is 2.41. The molecule has 1 aliphatic carbocycles. The highest BCUT2D eigenvalue weighted by atomic mass is 32.1. The third-order valence-corrected chi connectivity index (χ3v) is 7.11. The quantitative estimate of drug-likeness (QED) is 0.462. The van der Waals surface area contributed by atoms with Crippen LogP contribution in [0.5, 0.6) is 0 Å². The lowest BCUT2D eigenvalue weighted by Crippen LogP contribution is -2.33. The fourth-order valence-corrected chi connectivity index (χ4v) is 5.47. The van der Waals surface area contributed by atoms with Crippen LogP contribution in [0.4, 0.5) is 10.1 Å². The van der Waals surface area contributed by atoms with Crippen LogP contribution in [0, 0.1) is 5.82 Å². The van der Waals surface area contributed by atoms with Crippen molar-refractivity contribution < 1.29 is 9.18 Å². The number of halogens is 1. The molecule has 2 aliphatic rings. The summed E-state index contributed by atoms with van der Waals surface area (Å²) >= 11 is 5.74. The van der Waals surface area contributed by atoms with Crippen molar-refractivity contribution >= 4 is 28.9 Å². The molecule has 1 aromatic carbocycles. The van der Waals surface area contributed by atoms with Crippen molar-refractivity contribution in [3.63, 3.8) is 0 Å². The van der Waals surface area contributed by atoms with Gasteiger partial charge in [-0.1, -0.05) is 31.0 Å². The van der Waals surface area contributed by atoms with E-state index in [4.69, 9.17) is 12.2 Å². The number of thiocarbonyl (C=S) groups is 1. The molecule has 5 rings (SSSR count). The van der Waals surface area contributed by atoms with Gasteiger partial charge in [-0.25, -0.2) is 4.39 Å². The molecule has 1 amide bonds. The molecule has 2 fully saturated rings. The van der Waals surface area contributed by atoms with Crippen LogP contribution in [0.3, 0.4) is 0 Å². The molecule has 6 nitrogen and oxygen atoms in total. The number of anilines is 1. The largest absolute Gasteiger partial charge is 0.352 e. The van der Waals surface area contributed by atoms with E-state index >= 15 is 0 Å². The maximum absolute atomic E-state index is 14.0. The molecule has 0 radical (unpaired) electrons. The maximum atomic E-state index is 14.0. The Morgan fingerprint density at radius 3 is 2.68 bits per heavy atom. The molecule has 2 aromatic heterocycles. The molecule has 176 valence electrons. The first-order valence-electron chi connectivity index (χ1n) is 11.8. The summed E-state index contributed by atoms with van der Waals surface area (Å²) < 4.78 is 16.4. The lowest BCUT2D eigenvalue weighted by atomic mass is 10.0. The minimum Gasteiger partial charge on any atom is -0.352 e. The van der Waals surface area contributed by atoms with Crippen molar-refractivity contribution in [2.45, 2.75) is 50.2 Å². The lowest BCUT2D eigenvalue weighted by molar-refractivity contribution is -0.116. The first kappa shape index (κ1) is 22.5. The smallest absolute Gasteiger partial charge is 0.226 e. The van der Waals surface area contributed by atoms with Gasteiger partial charge in [0.25, 0.3) is 0 Å². The number of amides is 1. The summed E-state index contributed by atoms with van der Waals surface area (Å²) in [6, 6.07) is 16.6. The van der Waals surface area contributed by atoms with E-state index in [0.717, 1.165) is 5.69 Å². The second-order valence-corrected chi connectivity index (χ2v) is 9.26. The number of aromatic nitrogens is 2. The van der Waals surface area contributed by atoms with Gasteiger partial charge in [0.05, 0.1) is 23.5 Å². The van der Waals surface area contributed by atoms with Crippen molar-refractivity contribution in [3.8, 4) is 0 Å². The van der Waals surface area contributed by atoms with Gasteiger partial charge in [0.1, 0.15) is 5.82 Å². The predicted octanol–water partition coefficient (Wildman–Crippen LogP) is 5.14. The van der Waals surface area contributed by atoms with Gasteiger partial charge in [-0.2, -0.15) is 0 Å². The molecule has 0 unspecified atom stereocenters. The summed E-state index contributed by atoms with van der Waals surface area (Å²) in [6.45, 7) is 0.413. The molecule has 1 saturated carbocycles. The summed E-state index contributed by atoms with van der Waals surface area (Å²) in [4.78, 5) is 19.3. The lowest BCUT2D eigenvalue weighted by Gasteiger charge is -2.30. The average Bonchev–Trinajstić information content (AvgIpc) is 3.59. The van der Waals surface area contributed by atoms with Crippen LogP contribution >= 0.6 is 12.2 Å². The van der Waals surface area contributed by atoms with Crippen molar-refractivity contribution in [1.82, 2.24) is 19.8 Å². The highest BCUT2D eigenvalue weighted by Gasteiger charge is 2.41. The van der Waals surface area contributed by atoms with Crippen LogP contribution in [-0.2, 0) is 4.79 Å². The van der Waals surface area contributed by atoms with Gasteiger partial charge >= 0.3 is 0 Å². The predicted molar refractivity (Wildman–Crippen MR) is 134 cm³/mol. The normalized spacial score (nSPS) is 20.5. The number of nitrogens with one attached hydrogen (secondary N) is 2. The zero-order chi connectivity index (χ0) is 23.5. The Labute approximate surface area is 204 Å². The van der Waals surface area contributed by atoms with Crippen LogP contribution in [-0.4, -0.2) is 32.0 Å². The van der Waals surface area contributed by atoms with Gasteiger partial charge < -0.3 is 20.1 Å².